The summed E-state index contributed by atoms with van der Waals surface area (Å²) in [5, 5.41) is 17.3. The van der Waals surface area contributed by atoms with Crippen molar-refractivity contribution < 1.29 is 74.6 Å². The van der Waals surface area contributed by atoms with Gasteiger partial charge in [-0.1, -0.05) is 0 Å². The van der Waals surface area contributed by atoms with E-state index in [1.807, 2.05) is 4.90 Å². The molecule has 8 heteroatoms. The summed E-state index contributed by atoms with van der Waals surface area (Å²) in [6, 6.07) is 0. The SMILES string of the molecule is O=S(=O)([O-])CCCN(CCO)CCCO.[K+]. The van der Waals surface area contributed by atoms with Crippen molar-refractivity contribution in [2.24, 2.45) is 0 Å². The fourth-order valence-electron chi connectivity index (χ4n) is 1.24. The first kappa shape index (κ1) is 19.8. The number of rotatable bonds is 9. The van der Waals surface area contributed by atoms with Crippen molar-refractivity contribution in [3.8, 4) is 0 Å². The van der Waals surface area contributed by atoms with Crippen LogP contribution in [-0.2, 0) is 10.1 Å². The Labute approximate surface area is 139 Å². The number of hydrogen-bond acceptors (Lipinski definition) is 6. The van der Waals surface area contributed by atoms with Gasteiger partial charge in [0.25, 0.3) is 0 Å². The average Bonchev–Trinajstić information content (AvgIpc) is 2.12. The minimum atomic E-state index is -4.14. The molecule has 2 N–H and O–H groups in total. The number of aliphatic hydroxyl groups excluding tert-OH is 2. The molecular weight excluding hydrogens is 261 g/mol. The van der Waals surface area contributed by atoms with Crippen LogP contribution in [0.15, 0.2) is 0 Å². The van der Waals surface area contributed by atoms with Gasteiger partial charge in [0.1, 0.15) is 0 Å². The van der Waals surface area contributed by atoms with Crippen LogP contribution in [0.25, 0.3) is 0 Å². The first-order chi connectivity index (χ1) is 6.99. The van der Waals surface area contributed by atoms with E-state index in [2.05, 4.69) is 0 Å². The van der Waals surface area contributed by atoms with Gasteiger partial charge < -0.3 is 19.7 Å². The van der Waals surface area contributed by atoms with E-state index in [1.165, 1.54) is 0 Å². The van der Waals surface area contributed by atoms with Crippen LogP contribution in [0.3, 0.4) is 0 Å². The van der Waals surface area contributed by atoms with Crippen LogP contribution in [0.4, 0.5) is 0 Å². The largest absolute Gasteiger partial charge is 1.00 e. The summed E-state index contributed by atoms with van der Waals surface area (Å²) in [5.41, 5.74) is 0. The van der Waals surface area contributed by atoms with E-state index in [-0.39, 0.29) is 76.8 Å². The van der Waals surface area contributed by atoms with Crippen molar-refractivity contribution in [3.05, 3.63) is 0 Å². The molecule has 0 unspecified atom stereocenters. The molecule has 92 valence electrons. The fraction of sp³-hybridized carbons (Fsp3) is 1.00. The van der Waals surface area contributed by atoms with Gasteiger partial charge in [-0.2, -0.15) is 0 Å². The first-order valence-corrected chi connectivity index (χ1v) is 6.45. The Kier molecular flexibility index (Phi) is 14.2. The summed E-state index contributed by atoms with van der Waals surface area (Å²) in [6.45, 7) is 1.51. The molecule has 0 bridgehead atoms. The quantitative estimate of drug-likeness (QED) is 0.326. The third kappa shape index (κ3) is 13.5. The van der Waals surface area contributed by atoms with E-state index in [0.29, 0.717) is 26.1 Å². The summed E-state index contributed by atoms with van der Waals surface area (Å²) in [7, 11) is -4.14. The van der Waals surface area contributed by atoms with Crippen LogP contribution in [0.2, 0.25) is 0 Å². The summed E-state index contributed by atoms with van der Waals surface area (Å²) in [5.74, 6) is -0.381. The van der Waals surface area contributed by atoms with Gasteiger partial charge in [-0.15, -0.1) is 0 Å². The molecule has 0 aliphatic carbocycles. The smallest absolute Gasteiger partial charge is 0.748 e. The van der Waals surface area contributed by atoms with Crippen LogP contribution in [0.5, 0.6) is 0 Å². The van der Waals surface area contributed by atoms with Crippen molar-refractivity contribution in [1.82, 2.24) is 4.90 Å². The third-order valence-corrected chi connectivity index (χ3v) is 2.71. The van der Waals surface area contributed by atoms with Gasteiger partial charge in [-0.3, -0.25) is 0 Å². The second kappa shape index (κ2) is 11.5. The van der Waals surface area contributed by atoms with Crippen molar-refractivity contribution in [1.29, 1.82) is 0 Å². The minimum absolute atomic E-state index is 0. The van der Waals surface area contributed by atoms with E-state index in [0.717, 1.165) is 0 Å². The maximum atomic E-state index is 10.3. The van der Waals surface area contributed by atoms with E-state index in [1.54, 1.807) is 0 Å². The monoisotopic (exact) mass is 279 g/mol. The molecule has 16 heavy (non-hydrogen) atoms. The van der Waals surface area contributed by atoms with Crippen molar-refractivity contribution >= 4 is 10.1 Å². The van der Waals surface area contributed by atoms with Crippen LogP contribution in [0.1, 0.15) is 12.8 Å². The van der Waals surface area contributed by atoms with Gasteiger partial charge in [0.05, 0.1) is 16.7 Å². The number of aliphatic hydroxyl groups is 2. The number of nitrogens with zero attached hydrogens (tertiary/aromatic N) is 1. The fourth-order valence-corrected chi connectivity index (χ4v) is 1.72. The summed E-state index contributed by atoms with van der Waals surface area (Å²) in [4.78, 5) is 1.82. The molecule has 0 spiro atoms. The molecule has 0 atom stereocenters. The molecule has 0 fully saturated rings. The van der Waals surface area contributed by atoms with Crippen molar-refractivity contribution in [3.63, 3.8) is 0 Å². The predicted molar refractivity (Wildman–Crippen MR) is 54.4 cm³/mol. The predicted octanol–water partition coefficient (Wildman–Crippen LogP) is -4.40. The molecule has 0 aliphatic heterocycles. The Bertz CT molecular complexity index is 247. The molecule has 0 rings (SSSR count). The third-order valence-electron chi connectivity index (χ3n) is 1.92. The molecule has 0 heterocycles. The number of hydrogen-bond donors (Lipinski definition) is 2. The van der Waals surface area contributed by atoms with E-state index >= 15 is 0 Å². The van der Waals surface area contributed by atoms with E-state index in [9.17, 15) is 13.0 Å². The average molecular weight is 279 g/mol. The zero-order chi connectivity index (χ0) is 11.7. The van der Waals surface area contributed by atoms with Gasteiger partial charge in [0, 0.05) is 25.4 Å². The summed E-state index contributed by atoms with van der Waals surface area (Å²) in [6.07, 6.45) is 0.835. The van der Waals surface area contributed by atoms with Crippen molar-refractivity contribution in [2.45, 2.75) is 12.8 Å². The van der Waals surface area contributed by atoms with Crippen LogP contribution in [-0.4, -0.2) is 66.7 Å². The Morgan fingerprint density at radius 3 is 2.00 bits per heavy atom. The molecule has 0 amide bonds. The second-order valence-electron chi connectivity index (χ2n) is 3.26. The molecule has 0 aromatic rings. The van der Waals surface area contributed by atoms with E-state index in [4.69, 9.17) is 10.2 Å². The Hall–Kier alpha value is 1.43. The maximum Gasteiger partial charge on any atom is 1.00 e. The van der Waals surface area contributed by atoms with Crippen molar-refractivity contribution in [2.75, 3.05) is 38.6 Å². The van der Waals surface area contributed by atoms with Crippen LogP contribution in [0, 0.1) is 0 Å². The van der Waals surface area contributed by atoms with Crippen LogP contribution < -0.4 is 51.4 Å². The molecule has 0 saturated heterocycles. The second-order valence-corrected chi connectivity index (χ2v) is 4.78. The topological polar surface area (TPSA) is 101 Å². The molecule has 0 saturated carbocycles. The van der Waals surface area contributed by atoms with E-state index < -0.39 is 10.1 Å². The molecule has 0 aromatic heterocycles. The molecule has 6 nitrogen and oxygen atoms in total. The van der Waals surface area contributed by atoms with Gasteiger partial charge in [-0.05, 0) is 19.4 Å². The summed E-state index contributed by atoms with van der Waals surface area (Å²) < 4.78 is 31.0. The zero-order valence-electron chi connectivity index (χ0n) is 9.63. The Morgan fingerprint density at radius 2 is 1.56 bits per heavy atom. The zero-order valence-corrected chi connectivity index (χ0v) is 13.6. The normalized spacial score (nSPS) is 11.5. The molecule has 0 aromatic carbocycles. The summed E-state index contributed by atoms with van der Waals surface area (Å²) >= 11 is 0. The standard InChI is InChI=1S/C8H19NO5S.K/c10-6-1-3-9(5-7-11)4-2-8-15(12,13)14;/h10-11H,1-8H2,(H,12,13,14);/q;+1/p-1. The van der Waals surface area contributed by atoms with Gasteiger partial charge in [0.2, 0.25) is 0 Å². The Morgan fingerprint density at radius 1 is 1.00 bits per heavy atom. The molecule has 0 aliphatic rings. The van der Waals surface area contributed by atoms with Gasteiger partial charge in [0.15, 0.2) is 0 Å². The minimum Gasteiger partial charge on any atom is -0.748 e. The molecule has 0 radical (unpaired) electrons. The first-order valence-electron chi connectivity index (χ1n) is 4.87. The Balaban J connectivity index is 0. The van der Waals surface area contributed by atoms with Crippen LogP contribution >= 0.6 is 0 Å². The maximum absolute atomic E-state index is 10.3. The molecular formula is C8H18KNO5S. The van der Waals surface area contributed by atoms with Gasteiger partial charge >= 0.3 is 51.4 Å². The van der Waals surface area contributed by atoms with Gasteiger partial charge in [-0.25, -0.2) is 8.42 Å².